The monoisotopic (exact) mass is 409 g/mol. The standard InChI is InChI=1S/C17H23N5O5S/c1-10(2)20-16(24)17(7-4-8-19-15(17)23)9-27-12-6-3-5-11-13(12)14(18)22-28(25,26)21-11/h3,5-6,10,21H,4,7-9H2,1-2H3,(H2,18,22)(H,19,23)(H,20,24). The summed E-state index contributed by atoms with van der Waals surface area (Å²) in [6.07, 6.45) is 0.972. The van der Waals surface area contributed by atoms with Crippen molar-refractivity contribution in [1.82, 2.24) is 10.6 Å². The first-order valence-electron chi connectivity index (χ1n) is 8.88. The SMILES string of the molecule is CC(C)NC(=O)C1(COc2cccc3c2C(N)=NS(=O)(=O)N3)CCCNC1=O. The fraction of sp³-hybridized carbons (Fsp3) is 0.471. The third kappa shape index (κ3) is 3.75. The Morgan fingerprint density at radius 2 is 2.18 bits per heavy atom. The van der Waals surface area contributed by atoms with Crippen LogP contribution in [-0.2, 0) is 19.8 Å². The van der Waals surface area contributed by atoms with Crippen LogP contribution in [0.1, 0.15) is 32.3 Å². The molecule has 1 atom stereocenters. The van der Waals surface area contributed by atoms with Crippen molar-refractivity contribution in [2.45, 2.75) is 32.7 Å². The van der Waals surface area contributed by atoms with E-state index in [9.17, 15) is 18.0 Å². The van der Waals surface area contributed by atoms with Gasteiger partial charge in [0.1, 0.15) is 12.4 Å². The molecule has 10 nitrogen and oxygen atoms in total. The molecule has 1 aromatic rings. The molecule has 152 valence electrons. The first kappa shape index (κ1) is 19.9. The zero-order valence-electron chi connectivity index (χ0n) is 15.6. The lowest BCUT2D eigenvalue weighted by molar-refractivity contribution is -0.148. The van der Waals surface area contributed by atoms with Gasteiger partial charge < -0.3 is 21.1 Å². The van der Waals surface area contributed by atoms with Crippen molar-refractivity contribution >= 4 is 33.5 Å². The van der Waals surface area contributed by atoms with E-state index in [-0.39, 0.29) is 35.5 Å². The fourth-order valence-corrected chi connectivity index (χ4v) is 4.08. The van der Waals surface area contributed by atoms with Crippen LogP contribution in [-0.4, -0.2) is 45.3 Å². The topological polar surface area (TPSA) is 152 Å². The zero-order chi connectivity index (χ0) is 20.5. The van der Waals surface area contributed by atoms with Crippen molar-refractivity contribution in [1.29, 1.82) is 0 Å². The molecule has 28 heavy (non-hydrogen) atoms. The Labute approximate surface area is 163 Å². The molecule has 0 spiro atoms. The highest BCUT2D eigenvalue weighted by Crippen LogP contribution is 2.34. The average Bonchev–Trinajstić information content (AvgIpc) is 2.59. The third-order valence-electron chi connectivity index (χ3n) is 4.57. The van der Waals surface area contributed by atoms with Crippen molar-refractivity contribution in [3.63, 3.8) is 0 Å². The van der Waals surface area contributed by atoms with E-state index >= 15 is 0 Å². The largest absolute Gasteiger partial charge is 0.491 e. The smallest absolute Gasteiger partial charge is 0.344 e. The number of hydrogen-bond acceptors (Lipinski definition) is 6. The summed E-state index contributed by atoms with van der Waals surface area (Å²) in [4.78, 5) is 25.4. The quantitative estimate of drug-likeness (QED) is 0.497. The Hall–Kier alpha value is -2.82. The van der Waals surface area contributed by atoms with E-state index in [2.05, 4.69) is 19.8 Å². The summed E-state index contributed by atoms with van der Waals surface area (Å²) in [6, 6.07) is 4.54. The van der Waals surface area contributed by atoms with Crippen molar-refractivity contribution < 1.29 is 22.7 Å². The van der Waals surface area contributed by atoms with Crippen LogP contribution in [0.5, 0.6) is 5.75 Å². The Morgan fingerprint density at radius 1 is 1.43 bits per heavy atom. The molecule has 2 aliphatic heterocycles. The molecule has 1 aromatic carbocycles. The number of nitrogens with one attached hydrogen (secondary N) is 3. The highest BCUT2D eigenvalue weighted by Gasteiger charge is 2.48. The second-order valence-corrected chi connectivity index (χ2v) is 8.43. The van der Waals surface area contributed by atoms with Crippen molar-refractivity contribution in [3.05, 3.63) is 23.8 Å². The van der Waals surface area contributed by atoms with E-state index in [1.807, 2.05) is 13.8 Å². The minimum Gasteiger partial charge on any atom is -0.491 e. The van der Waals surface area contributed by atoms with Gasteiger partial charge >= 0.3 is 10.2 Å². The minimum absolute atomic E-state index is 0.138. The maximum Gasteiger partial charge on any atom is 0.344 e. The van der Waals surface area contributed by atoms with Gasteiger partial charge in [-0.1, -0.05) is 6.07 Å². The van der Waals surface area contributed by atoms with Gasteiger partial charge in [-0.2, -0.15) is 8.42 Å². The van der Waals surface area contributed by atoms with E-state index in [0.717, 1.165) is 0 Å². The second kappa shape index (κ2) is 7.30. The normalized spacial score (nSPS) is 23.1. The van der Waals surface area contributed by atoms with Gasteiger partial charge in [0.25, 0.3) is 0 Å². The molecule has 11 heteroatoms. The Bertz CT molecular complexity index is 943. The molecule has 5 N–H and O–H groups in total. The summed E-state index contributed by atoms with van der Waals surface area (Å²) in [6.45, 7) is 3.90. The molecular formula is C17H23N5O5S. The van der Waals surface area contributed by atoms with Crippen LogP contribution in [0.3, 0.4) is 0 Å². The Balaban J connectivity index is 1.91. The second-order valence-electron chi connectivity index (χ2n) is 7.09. The van der Waals surface area contributed by atoms with E-state index in [1.54, 1.807) is 12.1 Å². The maximum atomic E-state index is 12.8. The first-order valence-corrected chi connectivity index (χ1v) is 10.3. The molecule has 0 bridgehead atoms. The number of hydrogen-bond donors (Lipinski definition) is 4. The molecule has 2 amide bonds. The summed E-state index contributed by atoms with van der Waals surface area (Å²) in [7, 11) is -3.92. The number of ether oxygens (including phenoxy) is 1. The summed E-state index contributed by atoms with van der Waals surface area (Å²) in [5, 5.41) is 5.51. The molecule has 3 rings (SSSR count). The van der Waals surface area contributed by atoms with E-state index in [0.29, 0.717) is 19.4 Å². The highest BCUT2D eigenvalue weighted by atomic mass is 32.2. The van der Waals surface area contributed by atoms with Gasteiger partial charge in [-0.15, -0.1) is 4.40 Å². The summed E-state index contributed by atoms with van der Waals surface area (Å²) in [5.41, 5.74) is 4.92. The number of piperidine rings is 1. The fourth-order valence-electron chi connectivity index (χ4n) is 3.23. The lowest BCUT2D eigenvalue weighted by Gasteiger charge is -2.35. The summed E-state index contributed by atoms with van der Waals surface area (Å²) < 4.78 is 35.0. The van der Waals surface area contributed by atoms with Gasteiger partial charge in [0.2, 0.25) is 11.8 Å². The number of nitrogens with zero attached hydrogens (tertiary/aromatic N) is 1. The van der Waals surface area contributed by atoms with Crippen molar-refractivity contribution in [2.24, 2.45) is 15.5 Å². The van der Waals surface area contributed by atoms with Gasteiger partial charge in [-0.25, -0.2) is 0 Å². The molecule has 0 aliphatic carbocycles. The molecular weight excluding hydrogens is 386 g/mol. The lowest BCUT2D eigenvalue weighted by atomic mass is 9.79. The van der Waals surface area contributed by atoms with Crippen molar-refractivity contribution in [3.8, 4) is 5.75 Å². The molecule has 2 heterocycles. The van der Waals surface area contributed by atoms with Crippen LogP contribution in [0.15, 0.2) is 22.6 Å². The number of anilines is 1. The molecule has 1 fully saturated rings. The average molecular weight is 409 g/mol. The van der Waals surface area contributed by atoms with E-state index < -0.39 is 27.4 Å². The number of fused-ring (bicyclic) bond motifs is 1. The number of carbonyl (C=O) groups excluding carboxylic acids is 2. The van der Waals surface area contributed by atoms with Crippen molar-refractivity contribution in [2.75, 3.05) is 17.9 Å². The molecule has 1 unspecified atom stereocenters. The van der Waals surface area contributed by atoms with Gasteiger partial charge in [0.05, 0.1) is 11.3 Å². The van der Waals surface area contributed by atoms with Crippen LogP contribution >= 0.6 is 0 Å². The van der Waals surface area contributed by atoms with E-state index in [4.69, 9.17) is 10.5 Å². The van der Waals surface area contributed by atoms with Gasteiger partial charge in [0.15, 0.2) is 11.3 Å². The number of amides is 2. The predicted octanol–water partition coefficient (Wildman–Crippen LogP) is -0.138. The summed E-state index contributed by atoms with van der Waals surface area (Å²) in [5.74, 6) is -0.801. The lowest BCUT2D eigenvalue weighted by Crippen LogP contribution is -2.58. The first-order chi connectivity index (χ1) is 13.1. The van der Waals surface area contributed by atoms with Gasteiger partial charge in [-0.3, -0.25) is 14.3 Å². The third-order valence-corrected chi connectivity index (χ3v) is 5.48. The van der Waals surface area contributed by atoms with Crippen LogP contribution in [0.25, 0.3) is 0 Å². The Kier molecular flexibility index (Phi) is 5.20. The number of nitrogens with two attached hydrogens (primary N) is 1. The molecule has 0 aromatic heterocycles. The number of amidine groups is 1. The highest BCUT2D eigenvalue weighted by molar-refractivity contribution is 7.91. The van der Waals surface area contributed by atoms with Gasteiger partial charge in [-0.05, 0) is 38.8 Å². The van der Waals surface area contributed by atoms with E-state index in [1.165, 1.54) is 6.07 Å². The van der Waals surface area contributed by atoms with Crippen LogP contribution in [0.4, 0.5) is 5.69 Å². The van der Waals surface area contributed by atoms with Crippen LogP contribution in [0, 0.1) is 5.41 Å². The van der Waals surface area contributed by atoms with Crippen LogP contribution < -0.4 is 25.8 Å². The number of carbonyl (C=O) groups is 2. The zero-order valence-corrected chi connectivity index (χ0v) is 16.4. The molecule has 2 aliphatic rings. The van der Waals surface area contributed by atoms with Crippen LogP contribution in [0.2, 0.25) is 0 Å². The molecule has 0 saturated carbocycles. The minimum atomic E-state index is -3.92. The molecule has 0 radical (unpaired) electrons. The maximum absolute atomic E-state index is 12.8. The number of rotatable bonds is 5. The van der Waals surface area contributed by atoms with Gasteiger partial charge in [0, 0.05) is 12.6 Å². The number of benzene rings is 1. The molecule has 1 saturated heterocycles. The predicted molar refractivity (Wildman–Crippen MR) is 103 cm³/mol. The summed E-state index contributed by atoms with van der Waals surface area (Å²) >= 11 is 0. The Morgan fingerprint density at radius 3 is 2.86 bits per heavy atom.